The topological polar surface area (TPSA) is 84.2 Å². The minimum absolute atomic E-state index is 0.141. The average Bonchev–Trinajstić information content (AvgIpc) is 3.60. The predicted octanol–water partition coefficient (Wildman–Crippen LogP) is 5.75. The molecule has 0 unspecified atom stereocenters. The molecule has 0 aliphatic carbocycles. The van der Waals surface area contributed by atoms with Crippen LogP contribution in [0.15, 0.2) is 79.1 Å². The lowest BCUT2D eigenvalue weighted by Crippen LogP contribution is -2.49. The zero-order chi connectivity index (χ0) is 33.6. The van der Waals surface area contributed by atoms with Gasteiger partial charge in [0.15, 0.2) is 0 Å². The molecule has 2 N–H and O–H groups in total. The number of aromatic nitrogens is 1. The number of rotatable bonds is 19. The van der Waals surface area contributed by atoms with Gasteiger partial charge in [-0.1, -0.05) is 67.6 Å². The molecule has 1 amide bonds. The number of nitrogens with zero attached hydrogens (tertiary/aromatic N) is 4. The maximum atomic E-state index is 13.3. The minimum Gasteiger partial charge on any atom is -0.496 e. The lowest BCUT2D eigenvalue weighted by atomic mass is 9.64. The van der Waals surface area contributed by atoms with Crippen molar-refractivity contribution in [1.82, 2.24) is 19.7 Å². The molecule has 0 bridgehead atoms. The molecule has 1 aromatic heterocycles. The van der Waals surface area contributed by atoms with Gasteiger partial charge in [0.05, 0.1) is 7.11 Å². The van der Waals surface area contributed by atoms with Crippen molar-refractivity contribution in [3.8, 4) is 5.75 Å². The van der Waals surface area contributed by atoms with Crippen molar-refractivity contribution in [2.75, 3.05) is 66.1 Å². The smallest absolute Gasteiger partial charge is 0.232 e. The summed E-state index contributed by atoms with van der Waals surface area (Å²) in [5, 5.41) is 0. The summed E-state index contributed by atoms with van der Waals surface area (Å²) in [4.78, 5) is 25.3. The van der Waals surface area contributed by atoms with Crippen LogP contribution in [0.3, 0.4) is 0 Å². The van der Waals surface area contributed by atoms with Crippen molar-refractivity contribution >= 4 is 5.91 Å². The second-order valence-electron chi connectivity index (χ2n) is 13.5. The van der Waals surface area contributed by atoms with Crippen LogP contribution in [0, 0.1) is 5.92 Å². The third-order valence-electron chi connectivity index (χ3n) is 10.7. The number of unbranched alkanes of at least 4 members (excludes halogenated alkanes) is 2. The molecule has 2 fully saturated rings. The summed E-state index contributed by atoms with van der Waals surface area (Å²) in [5.74, 6) is 0.813. The highest BCUT2D eigenvalue weighted by atomic mass is 16.5. The number of likely N-dealkylation sites (tertiary alicyclic amines) is 2. The van der Waals surface area contributed by atoms with Crippen LogP contribution in [0.5, 0.6) is 5.75 Å². The van der Waals surface area contributed by atoms with Crippen molar-refractivity contribution in [3.63, 3.8) is 0 Å². The lowest BCUT2D eigenvalue weighted by Gasteiger charge is -2.38. The lowest BCUT2D eigenvalue weighted by molar-refractivity contribution is -0.123. The van der Waals surface area contributed by atoms with Gasteiger partial charge in [-0.2, -0.15) is 0 Å². The van der Waals surface area contributed by atoms with Crippen LogP contribution < -0.4 is 10.5 Å². The zero-order valence-corrected chi connectivity index (χ0v) is 29.3. The average molecular weight is 656 g/mol. The van der Waals surface area contributed by atoms with Gasteiger partial charge in [0, 0.05) is 50.3 Å². The summed E-state index contributed by atoms with van der Waals surface area (Å²) in [6.45, 7) is 12.2. The van der Waals surface area contributed by atoms with E-state index in [2.05, 4.69) is 50.9 Å². The number of hydrogen-bond acceptors (Lipinski definition) is 7. The van der Waals surface area contributed by atoms with Gasteiger partial charge in [0.1, 0.15) is 11.2 Å². The first-order valence-electron chi connectivity index (χ1n) is 18.2. The Hall–Kier alpha value is -3.30. The first kappa shape index (κ1) is 36.0. The minimum atomic E-state index is -0.819. The second kappa shape index (κ2) is 18.5. The molecule has 48 heavy (non-hydrogen) atoms. The number of benzene rings is 2. The molecule has 3 aromatic rings. The molecule has 2 saturated heterocycles. The van der Waals surface area contributed by atoms with Crippen molar-refractivity contribution in [2.45, 2.75) is 69.9 Å². The number of hydrogen-bond donors (Lipinski definition) is 1. The number of piperidine rings is 1. The number of carbonyl (C=O) groups is 1. The van der Waals surface area contributed by atoms with Crippen LogP contribution in [-0.2, 0) is 21.5 Å². The van der Waals surface area contributed by atoms with E-state index in [-0.39, 0.29) is 11.8 Å². The summed E-state index contributed by atoms with van der Waals surface area (Å²) < 4.78 is 11.6. The molecule has 1 atom stereocenters. The molecule has 2 aliphatic heterocycles. The van der Waals surface area contributed by atoms with Crippen LogP contribution in [0.4, 0.5) is 0 Å². The Balaban J connectivity index is 0.964. The summed E-state index contributed by atoms with van der Waals surface area (Å²) in [5.41, 5.74) is 8.61. The Morgan fingerprint density at radius 3 is 2.17 bits per heavy atom. The molecular weight excluding hydrogens is 598 g/mol. The van der Waals surface area contributed by atoms with Gasteiger partial charge >= 0.3 is 0 Å². The van der Waals surface area contributed by atoms with E-state index >= 15 is 0 Å². The molecule has 0 radical (unpaired) electrons. The largest absolute Gasteiger partial charge is 0.496 e. The number of pyridine rings is 1. The van der Waals surface area contributed by atoms with Gasteiger partial charge in [-0.15, -0.1) is 0 Å². The highest BCUT2D eigenvalue weighted by Gasteiger charge is 2.49. The van der Waals surface area contributed by atoms with E-state index < -0.39 is 5.41 Å². The fourth-order valence-corrected chi connectivity index (χ4v) is 8.09. The van der Waals surface area contributed by atoms with Crippen LogP contribution in [0.25, 0.3) is 0 Å². The fraction of sp³-hybridized carbons (Fsp3) is 0.550. The monoisotopic (exact) mass is 655 g/mol. The molecule has 5 rings (SSSR count). The maximum absolute atomic E-state index is 13.3. The van der Waals surface area contributed by atoms with Gasteiger partial charge < -0.3 is 25.0 Å². The number of methoxy groups -OCH3 is 1. The number of ether oxygens (including phenoxy) is 2. The molecule has 8 nitrogen and oxygen atoms in total. The van der Waals surface area contributed by atoms with Gasteiger partial charge in [-0.3, -0.25) is 14.7 Å². The summed E-state index contributed by atoms with van der Waals surface area (Å²) >= 11 is 0. The van der Waals surface area contributed by atoms with Crippen molar-refractivity contribution in [1.29, 1.82) is 0 Å². The van der Waals surface area contributed by atoms with E-state index in [9.17, 15) is 4.79 Å². The Bertz CT molecular complexity index is 1330. The molecule has 3 heterocycles. The van der Waals surface area contributed by atoms with E-state index in [0.717, 1.165) is 108 Å². The van der Waals surface area contributed by atoms with Crippen LogP contribution in [0.2, 0.25) is 0 Å². The molecule has 8 heteroatoms. The van der Waals surface area contributed by atoms with Crippen molar-refractivity contribution in [2.24, 2.45) is 11.7 Å². The van der Waals surface area contributed by atoms with E-state index in [4.69, 9.17) is 15.2 Å². The van der Waals surface area contributed by atoms with Crippen molar-refractivity contribution in [3.05, 3.63) is 95.8 Å². The summed E-state index contributed by atoms with van der Waals surface area (Å²) in [7, 11) is 1.73. The molecular formula is C40H57N5O3. The first-order valence-corrected chi connectivity index (χ1v) is 18.2. The molecule has 2 aromatic carbocycles. The molecule has 260 valence electrons. The van der Waals surface area contributed by atoms with Gasteiger partial charge in [0.2, 0.25) is 5.91 Å². The van der Waals surface area contributed by atoms with E-state index in [1.54, 1.807) is 13.3 Å². The van der Waals surface area contributed by atoms with Crippen molar-refractivity contribution < 1.29 is 14.3 Å². The normalized spacial score (nSPS) is 18.0. The summed E-state index contributed by atoms with van der Waals surface area (Å²) in [6, 6.07) is 22.9. The number of carbonyl (C=O) groups excluding carboxylic acids is 1. The Morgan fingerprint density at radius 1 is 0.896 bits per heavy atom. The Morgan fingerprint density at radius 2 is 1.54 bits per heavy atom. The van der Waals surface area contributed by atoms with Crippen LogP contribution >= 0.6 is 0 Å². The zero-order valence-electron chi connectivity index (χ0n) is 29.3. The predicted molar refractivity (Wildman–Crippen MR) is 193 cm³/mol. The van der Waals surface area contributed by atoms with Gasteiger partial charge in [-0.25, -0.2) is 0 Å². The highest BCUT2D eigenvalue weighted by Crippen LogP contribution is 2.43. The van der Waals surface area contributed by atoms with E-state index in [1.807, 2.05) is 48.7 Å². The highest BCUT2D eigenvalue weighted by molar-refractivity contribution is 5.91. The molecule has 0 saturated carbocycles. The fourth-order valence-electron chi connectivity index (χ4n) is 8.09. The number of nitrogens with two attached hydrogens (primary N) is 1. The quantitative estimate of drug-likeness (QED) is 0.165. The van der Waals surface area contributed by atoms with E-state index in [1.165, 1.54) is 24.8 Å². The van der Waals surface area contributed by atoms with E-state index in [0.29, 0.717) is 6.04 Å². The Labute approximate surface area is 288 Å². The second-order valence-corrected chi connectivity index (χ2v) is 13.5. The Kier molecular flexibility index (Phi) is 13.8. The molecule has 0 spiro atoms. The standard InChI is InChI=1S/C40H57N5O3/c1-3-45(37-20-26-44(27-21-37)31-33-30-42-22-18-38(33)47-2)24-11-13-29-48-28-12-10-23-43-25-19-36(32-43)40(39(41)46,34-14-6-4-7-15-34)35-16-8-5-9-17-35/h4-9,14-18,22,30,36-37H,3,10-13,19-21,23-29,31-32H2,1-2H3,(H2,41,46)/t36-/m1/s1. The van der Waals surface area contributed by atoms with Gasteiger partial charge in [-0.05, 0) is 107 Å². The number of primary amides is 1. The first-order chi connectivity index (χ1) is 23.6. The third-order valence-corrected chi connectivity index (χ3v) is 10.7. The van der Waals surface area contributed by atoms with Gasteiger partial charge in [0.25, 0.3) is 0 Å². The summed E-state index contributed by atoms with van der Waals surface area (Å²) in [6.07, 6.45) is 11.6. The molecule has 2 aliphatic rings. The SMILES string of the molecule is CCN(CCCCOCCCCN1CC[C@@H](C(C(N)=O)(c2ccccc2)c2ccccc2)C1)C1CCN(Cc2cnccc2OC)CC1. The third kappa shape index (κ3) is 9.03. The van der Waals surface area contributed by atoms with Crippen LogP contribution in [-0.4, -0.2) is 97.8 Å². The maximum Gasteiger partial charge on any atom is 0.232 e. The van der Waals surface area contributed by atoms with Crippen LogP contribution in [0.1, 0.15) is 68.6 Å². The number of amides is 1.